The molecule has 3 aromatic rings. The molecule has 0 saturated heterocycles. The number of nitrogens with zero attached hydrogens (tertiary/aromatic N) is 1. The highest BCUT2D eigenvalue weighted by molar-refractivity contribution is 5.78. The van der Waals surface area contributed by atoms with Gasteiger partial charge < -0.3 is 10.1 Å². The number of rotatable bonds is 6. The van der Waals surface area contributed by atoms with Crippen LogP contribution in [0.5, 0.6) is 0 Å². The number of benzene rings is 1. The summed E-state index contributed by atoms with van der Waals surface area (Å²) >= 11 is 0. The molecule has 0 fully saturated rings. The van der Waals surface area contributed by atoms with Crippen LogP contribution >= 0.6 is 0 Å². The lowest BCUT2D eigenvalue weighted by Gasteiger charge is -2.13. The number of pyridine rings is 1. The molecule has 2 heterocycles. The van der Waals surface area contributed by atoms with Crippen LogP contribution in [0.15, 0.2) is 40.1 Å². The third-order valence-corrected chi connectivity index (χ3v) is 4.14. The van der Waals surface area contributed by atoms with E-state index in [4.69, 9.17) is 4.74 Å². The number of aromatic amines is 2. The van der Waals surface area contributed by atoms with E-state index in [0.717, 1.165) is 5.56 Å². The SMILES string of the molecule is CC(=O)OCc1cnc2[nH]c(=O)[nH]c(=O)c2c1CNCc1ccc(C)cc1. The summed E-state index contributed by atoms with van der Waals surface area (Å²) in [6.07, 6.45) is 1.50. The molecule has 3 N–H and O–H groups in total. The maximum absolute atomic E-state index is 12.3. The van der Waals surface area contributed by atoms with E-state index in [1.165, 1.54) is 18.7 Å². The van der Waals surface area contributed by atoms with Crippen LogP contribution in [-0.4, -0.2) is 20.9 Å². The van der Waals surface area contributed by atoms with Gasteiger partial charge in [0.25, 0.3) is 5.56 Å². The number of hydrogen-bond donors (Lipinski definition) is 3. The average molecular weight is 368 g/mol. The average Bonchev–Trinajstić information content (AvgIpc) is 2.61. The quantitative estimate of drug-likeness (QED) is 0.564. The minimum atomic E-state index is -0.619. The van der Waals surface area contributed by atoms with Gasteiger partial charge in [-0.2, -0.15) is 0 Å². The van der Waals surface area contributed by atoms with Crippen LogP contribution in [0.2, 0.25) is 0 Å². The lowest BCUT2D eigenvalue weighted by molar-refractivity contribution is -0.142. The first-order valence-electron chi connectivity index (χ1n) is 8.46. The number of carbonyl (C=O) groups is 1. The van der Waals surface area contributed by atoms with Crippen molar-refractivity contribution >= 4 is 17.0 Å². The van der Waals surface area contributed by atoms with Crippen molar-refractivity contribution < 1.29 is 9.53 Å². The monoisotopic (exact) mass is 368 g/mol. The summed E-state index contributed by atoms with van der Waals surface area (Å²) in [6, 6.07) is 8.11. The number of nitrogens with one attached hydrogen (secondary N) is 3. The van der Waals surface area contributed by atoms with Gasteiger partial charge in [-0.15, -0.1) is 0 Å². The van der Waals surface area contributed by atoms with E-state index in [0.29, 0.717) is 24.2 Å². The summed E-state index contributed by atoms with van der Waals surface area (Å²) < 4.78 is 5.07. The Morgan fingerprint density at radius 1 is 1.15 bits per heavy atom. The Morgan fingerprint density at radius 3 is 2.59 bits per heavy atom. The Bertz CT molecular complexity index is 1080. The summed E-state index contributed by atoms with van der Waals surface area (Å²) in [5.74, 6) is -0.427. The predicted molar refractivity (Wildman–Crippen MR) is 100 cm³/mol. The van der Waals surface area contributed by atoms with Crippen molar-refractivity contribution in [2.24, 2.45) is 0 Å². The number of H-pyrrole nitrogens is 2. The highest BCUT2D eigenvalue weighted by Gasteiger charge is 2.14. The van der Waals surface area contributed by atoms with Gasteiger partial charge in [0.15, 0.2) is 0 Å². The number of aromatic nitrogens is 3. The van der Waals surface area contributed by atoms with E-state index < -0.39 is 17.2 Å². The fourth-order valence-corrected chi connectivity index (χ4v) is 2.78. The van der Waals surface area contributed by atoms with Crippen molar-refractivity contribution in [1.29, 1.82) is 0 Å². The predicted octanol–water partition coefficient (Wildman–Crippen LogP) is 1.27. The standard InChI is InChI=1S/C19H20N4O4/c1-11-3-5-13(6-4-11)7-20-9-15-14(10-27-12(2)24)8-21-17-16(15)18(25)23-19(26)22-17/h3-6,8,20H,7,9-10H2,1-2H3,(H2,21,22,23,25,26). The molecule has 0 amide bonds. The molecule has 1 aromatic carbocycles. The third kappa shape index (κ3) is 4.48. The second-order valence-electron chi connectivity index (χ2n) is 6.26. The Balaban J connectivity index is 1.92. The molecule has 0 spiro atoms. The molecule has 2 aromatic heterocycles. The highest BCUT2D eigenvalue weighted by atomic mass is 16.5. The van der Waals surface area contributed by atoms with Gasteiger partial charge in [0, 0.05) is 31.8 Å². The van der Waals surface area contributed by atoms with Gasteiger partial charge in [-0.05, 0) is 18.1 Å². The first-order chi connectivity index (χ1) is 12.9. The van der Waals surface area contributed by atoms with Crippen molar-refractivity contribution in [3.63, 3.8) is 0 Å². The van der Waals surface area contributed by atoms with Gasteiger partial charge in [-0.1, -0.05) is 29.8 Å². The Morgan fingerprint density at radius 2 is 1.89 bits per heavy atom. The molecular weight excluding hydrogens is 348 g/mol. The smallest absolute Gasteiger partial charge is 0.327 e. The molecule has 140 valence electrons. The van der Waals surface area contributed by atoms with E-state index in [9.17, 15) is 14.4 Å². The molecule has 8 nitrogen and oxygen atoms in total. The summed E-state index contributed by atoms with van der Waals surface area (Å²) in [6.45, 7) is 4.28. The van der Waals surface area contributed by atoms with E-state index in [1.807, 2.05) is 31.2 Å². The zero-order chi connectivity index (χ0) is 19.4. The molecule has 3 rings (SSSR count). The number of hydrogen-bond acceptors (Lipinski definition) is 6. The molecule has 0 aliphatic heterocycles. The van der Waals surface area contributed by atoms with Gasteiger partial charge in [0.05, 0.1) is 5.39 Å². The normalized spacial score (nSPS) is 10.9. The molecule has 0 saturated carbocycles. The van der Waals surface area contributed by atoms with Crippen LogP contribution in [-0.2, 0) is 29.2 Å². The second kappa shape index (κ2) is 7.96. The Hall–Kier alpha value is -3.26. The van der Waals surface area contributed by atoms with Crippen LogP contribution in [0.4, 0.5) is 0 Å². The zero-order valence-corrected chi connectivity index (χ0v) is 15.1. The number of aryl methyl sites for hydroxylation is 1. The largest absolute Gasteiger partial charge is 0.461 e. The summed E-state index contributed by atoms with van der Waals surface area (Å²) in [7, 11) is 0. The van der Waals surface area contributed by atoms with Crippen LogP contribution in [0.3, 0.4) is 0 Å². The molecule has 0 unspecified atom stereocenters. The zero-order valence-electron chi connectivity index (χ0n) is 15.1. The first-order valence-corrected chi connectivity index (χ1v) is 8.46. The maximum atomic E-state index is 12.3. The van der Waals surface area contributed by atoms with Crippen molar-refractivity contribution in [2.45, 2.75) is 33.5 Å². The van der Waals surface area contributed by atoms with E-state index >= 15 is 0 Å². The van der Waals surface area contributed by atoms with Crippen molar-refractivity contribution in [1.82, 2.24) is 20.3 Å². The van der Waals surface area contributed by atoms with Crippen molar-refractivity contribution in [3.05, 3.63) is 73.6 Å². The summed E-state index contributed by atoms with van der Waals surface area (Å²) in [5, 5.41) is 3.56. The van der Waals surface area contributed by atoms with E-state index in [1.54, 1.807) is 0 Å². The molecule has 0 radical (unpaired) electrons. The van der Waals surface area contributed by atoms with Gasteiger partial charge in [0.2, 0.25) is 0 Å². The van der Waals surface area contributed by atoms with Gasteiger partial charge >= 0.3 is 11.7 Å². The maximum Gasteiger partial charge on any atom is 0.327 e. The second-order valence-corrected chi connectivity index (χ2v) is 6.26. The lowest BCUT2D eigenvalue weighted by Crippen LogP contribution is -2.25. The van der Waals surface area contributed by atoms with Crippen LogP contribution in [0, 0.1) is 6.92 Å². The molecule has 0 atom stereocenters. The Kier molecular flexibility index (Phi) is 5.46. The lowest BCUT2D eigenvalue weighted by atomic mass is 10.1. The van der Waals surface area contributed by atoms with Crippen molar-refractivity contribution in [2.75, 3.05) is 0 Å². The molecule has 0 aliphatic rings. The van der Waals surface area contributed by atoms with Gasteiger partial charge in [-0.25, -0.2) is 9.78 Å². The number of fused-ring (bicyclic) bond motifs is 1. The minimum Gasteiger partial charge on any atom is -0.461 e. The minimum absolute atomic E-state index is 0.00160. The fourth-order valence-electron chi connectivity index (χ4n) is 2.78. The molecule has 27 heavy (non-hydrogen) atoms. The molecular formula is C19H20N4O4. The van der Waals surface area contributed by atoms with Crippen LogP contribution < -0.4 is 16.6 Å². The first kappa shape index (κ1) is 18.5. The number of ether oxygens (including phenoxy) is 1. The fraction of sp³-hybridized carbons (Fsp3) is 0.263. The van der Waals surface area contributed by atoms with Crippen LogP contribution in [0.1, 0.15) is 29.2 Å². The third-order valence-electron chi connectivity index (χ3n) is 4.14. The molecule has 0 aliphatic carbocycles. The van der Waals surface area contributed by atoms with Gasteiger partial charge in [-0.3, -0.25) is 19.6 Å². The number of carbonyl (C=O) groups excluding carboxylic acids is 1. The number of esters is 1. The van der Waals surface area contributed by atoms with E-state index in [2.05, 4.69) is 20.3 Å². The summed E-state index contributed by atoms with van der Waals surface area (Å²) in [4.78, 5) is 43.9. The summed E-state index contributed by atoms with van der Waals surface area (Å²) in [5.41, 5.74) is 2.56. The van der Waals surface area contributed by atoms with Crippen molar-refractivity contribution in [3.8, 4) is 0 Å². The molecule has 8 heteroatoms. The Labute approximate surface area is 154 Å². The highest BCUT2D eigenvalue weighted by Crippen LogP contribution is 2.17. The molecule has 0 bridgehead atoms. The van der Waals surface area contributed by atoms with Gasteiger partial charge in [0.1, 0.15) is 12.3 Å². The topological polar surface area (TPSA) is 117 Å². The van der Waals surface area contributed by atoms with Crippen LogP contribution in [0.25, 0.3) is 11.0 Å². The van der Waals surface area contributed by atoms with E-state index in [-0.39, 0.29) is 17.6 Å².